The third-order valence-electron chi connectivity index (χ3n) is 6.53. The minimum Gasteiger partial charge on any atom is -0.497 e. The Morgan fingerprint density at radius 1 is 0.973 bits per heavy atom. The zero-order chi connectivity index (χ0) is 27.0. The molecule has 0 saturated carbocycles. The largest absolute Gasteiger partial charge is 0.497 e. The van der Waals surface area contributed by atoms with Gasteiger partial charge in [0.1, 0.15) is 11.4 Å². The summed E-state index contributed by atoms with van der Waals surface area (Å²) in [7, 11) is 3.03. The van der Waals surface area contributed by atoms with Crippen molar-refractivity contribution in [3.8, 4) is 5.75 Å². The minimum atomic E-state index is -0.917. The molecule has 2 aromatic carbocycles. The van der Waals surface area contributed by atoms with Crippen LogP contribution in [0.3, 0.4) is 0 Å². The van der Waals surface area contributed by atoms with Gasteiger partial charge in [0.05, 0.1) is 25.8 Å². The van der Waals surface area contributed by atoms with E-state index >= 15 is 0 Å². The van der Waals surface area contributed by atoms with Crippen molar-refractivity contribution in [1.82, 2.24) is 16.0 Å². The van der Waals surface area contributed by atoms with E-state index in [4.69, 9.17) is 9.47 Å². The summed E-state index contributed by atoms with van der Waals surface area (Å²) in [5, 5.41) is 7.88. The van der Waals surface area contributed by atoms with E-state index in [-0.39, 0.29) is 24.4 Å². The predicted octanol–water partition coefficient (Wildman–Crippen LogP) is 2.22. The number of hydrogen-bond donors (Lipinski definition) is 3. The number of carbonyl (C=O) groups excluding carboxylic acids is 4. The average molecular weight is 510 g/mol. The van der Waals surface area contributed by atoms with Gasteiger partial charge in [-0.3, -0.25) is 14.4 Å². The van der Waals surface area contributed by atoms with Gasteiger partial charge < -0.3 is 25.4 Å². The van der Waals surface area contributed by atoms with E-state index in [2.05, 4.69) is 16.0 Å². The molecule has 2 aromatic rings. The number of benzene rings is 2. The second-order valence-electron chi connectivity index (χ2n) is 9.50. The lowest BCUT2D eigenvalue weighted by Gasteiger charge is -2.24. The molecule has 0 aliphatic carbocycles. The first kappa shape index (κ1) is 27.9. The Hall–Kier alpha value is -3.72. The summed E-state index contributed by atoms with van der Waals surface area (Å²) in [5.74, 6) is -0.978. The Morgan fingerprint density at radius 2 is 1.59 bits per heavy atom. The van der Waals surface area contributed by atoms with Crippen LogP contribution in [-0.4, -0.2) is 62.0 Å². The van der Waals surface area contributed by atoms with Crippen LogP contribution in [0.25, 0.3) is 0 Å². The number of rotatable bonds is 13. The molecule has 3 N–H and O–H groups in total. The highest BCUT2D eigenvalue weighted by Crippen LogP contribution is 2.29. The highest BCUT2D eigenvalue weighted by molar-refractivity contribution is 5.98. The molecule has 37 heavy (non-hydrogen) atoms. The van der Waals surface area contributed by atoms with Crippen LogP contribution >= 0.6 is 0 Å². The first-order valence-electron chi connectivity index (χ1n) is 12.3. The summed E-state index contributed by atoms with van der Waals surface area (Å²) >= 11 is 0. The maximum Gasteiger partial charge on any atom is 0.315 e. The summed E-state index contributed by atoms with van der Waals surface area (Å²) in [6, 6.07) is 14.6. The van der Waals surface area contributed by atoms with E-state index in [0.29, 0.717) is 18.8 Å². The van der Waals surface area contributed by atoms with E-state index in [1.165, 1.54) is 7.05 Å². The Balaban J connectivity index is 1.80. The first-order valence-corrected chi connectivity index (χ1v) is 12.3. The maximum atomic E-state index is 13.6. The van der Waals surface area contributed by atoms with Gasteiger partial charge in [-0.1, -0.05) is 42.5 Å². The number of hydrogen-bond acceptors (Lipinski definition) is 6. The molecule has 1 saturated heterocycles. The van der Waals surface area contributed by atoms with Gasteiger partial charge in [0.25, 0.3) is 0 Å². The molecule has 9 heteroatoms. The van der Waals surface area contributed by atoms with Gasteiger partial charge in [-0.05, 0) is 49.9 Å². The zero-order valence-corrected chi connectivity index (χ0v) is 21.7. The topological polar surface area (TPSA) is 126 Å². The fourth-order valence-electron chi connectivity index (χ4n) is 4.04. The van der Waals surface area contributed by atoms with Crippen molar-refractivity contribution in [3.05, 3.63) is 65.7 Å². The van der Waals surface area contributed by atoms with Crippen LogP contribution < -0.4 is 20.7 Å². The van der Waals surface area contributed by atoms with Crippen molar-refractivity contribution in [2.75, 3.05) is 20.8 Å². The monoisotopic (exact) mass is 509 g/mol. The molecule has 1 aliphatic heterocycles. The van der Waals surface area contributed by atoms with Gasteiger partial charge in [0.15, 0.2) is 11.6 Å². The normalized spacial score (nSPS) is 18.6. The van der Waals surface area contributed by atoms with E-state index in [1.807, 2.05) is 42.5 Å². The molecule has 0 aromatic heterocycles. The van der Waals surface area contributed by atoms with Crippen molar-refractivity contribution in [2.45, 2.75) is 50.8 Å². The molecular weight excluding hydrogens is 474 g/mol. The van der Waals surface area contributed by atoms with Crippen molar-refractivity contribution in [1.29, 1.82) is 0 Å². The number of Topliss-reactive ketones (excluding diaryl/α,β-unsaturated/α-hetero) is 2. The molecule has 0 spiro atoms. The molecule has 1 heterocycles. The quantitative estimate of drug-likeness (QED) is 0.356. The van der Waals surface area contributed by atoms with Gasteiger partial charge in [0, 0.05) is 19.4 Å². The van der Waals surface area contributed by atoms with Crippen molar-refractivity contribution in [3.63, 3.8) is 0 Å². The molecule has 1 aliphatic rings. The molecule has 3 amide bonds. The first-order chi connectivity index (χ1) is 17.6. The van der Waals surface area contributed by atoms with E-state index < -0.39 is 35.5 Å². The fraction of sp³-hybridized carbons (Fsp3) is 0.429. The molecule has 1 fully saturated rings. The third kappa shape index (κ3) is 7.88. The number of ether oxygens (including phenoxy) is 2. The third-order valence-corrected chi connectivity index (χ3v) is 6.53. The van der Waals surface area contributed by atoms with Crippen LogP contribution in [0.1, 0.15) is 31.4 Å². The van der Waals surface area contributed by atoms with Crippen LogP contribution in [0.15, 0.2) is 54.6 Å². The van der Waals surface area contributed by atoms with Crippen LogP contribution in [0.5, 0.6) is 5.75 Å². The number of ketones is 2. The Labute approximate surface area is 217 Å². The van der Waals surface area contributed by atoms with Crippen LogP contribution in [-0.2, 0) is 32.0 Å². The molecule has 3 rings (SSSR count). The number of carbonyl (C=O) groups is 4. The van der Waals surface area contributed by atoms with Crippen LogP contribution in [0, 0.1) is 5.92 Å². The maximum absolute atomic E-state index is 13.6. The second-order valence-corrected chi connectivity index (χ2v) is 9.50. The molecule has 4 atom stereocenters. The van der Waals surface area contributed by atoms with Crippen molar-refractivity contribution < 1.29 is 28.7 Å². The lowest BCUT2D eigenvalue weighted by molar-refractivity contribution is -0.134. The average Bonchev–Trinajstić information content (AvgIpc) is 3.66. The Morgan fingerprint density at radius 3 is 2.16 bits per heavy atom. The summed E-state index contributed by atoms with van der Waals surface area (Å²) in [6.45, 7) is 3.60. The van der Waals surface area contributed by atoms with E-state index in [1.54, 1.807) is 33.1 Å². The smallest absolute Gasteiger partial charge is 0.315 e. The predicted molar refractivity (Wildman–Crippen MR) is 138 cm³/mol. The SMILES string of the molecule is CNC(=O)N[C@@H](C)C(=O)C[C@@H](Cc1ccc(OC)cc1)C(=O)N[C@@H](Cc1ccccc1)C(=O)[C@@]1(C)CO1. The molecule has 0 radical (unpaired) electrons. The van der Waals surface area contributed by atoms with Crippen LogP contribution in [0.2, 0.25) is 0 Å². The zero-order valence-electron chi connectivity index (χ0n) is 21.7. The van der Waals surface area contributed by atoms with Crippen molar-refractivity contribution >= 4 is 23.5 Å². The highest BCUT2D eigenvalue weighted by atomic mass is 16.6. The van der Waals surface area contributed by atoms with Crippen molar-refractivity contribution in [2.24, 2.45) is 5.92 Å². The minimum absolute atomic E-state index is 0.108. The molecule has 0 bridgehead atoms. The van der Waals surface area contributed by atoms with E-state index in [0.717, 1.165) is 11.1 Å². The lowest BCUT2D eigenvalue weighted by Crippen LogP contribution is -2.50. The number of epoxide rings is 1. The molecule has 9 nitrogen and oxygen atoms in total. The number of methoxy groups -OCH3 is 1. The number of urea groups is 1. The molecule has 198 valence electrons. The van der Waals surface area contributed by atoms with Gasteiger partial charge in [0.2, 0.25) is 5.91 Å². The number of nitrogens with one attached hydrogen (secondary N) is 3. The Bertz CT molecular complexity index is 1100. The fourth-order valence-corrected chi connectivity index (χ4v) is 4.04. The van der Waals surface area contributed by atoms with Gasteiger partial charge in [-0.2, -0.15) is 0 Å². The lowest BCUT2D eigenvalue weighted by atomic mass is 9.89. The highest BCUT2D eigenvalue weighted by Gasteiger charge is 2.50. The summed E-state index contributed by atoms with van der Waals surface area (Å²) in [6.07, 6.45) is 0.472. The van der Waals surface area contributed by atoms with Gasteiger partial charge in [-0.15, -0.1) is 0 Å². The van der Waals surface area contributed by atoms with E-state index in [9.17, 15) is 19.2 Å². The second kappa shape index (κ2) is 12.5. The summed E-state index contributed by atoms with van der Waals surface area (Å²) < 4.78 is 10.6. The Kier molecular flexibility index (Phi) is 9.41. The van der Waals surface area contributed by atoms with Gasteiger partial charge >= 0.3 is 6.03 Å². The summed E-state index contributed by atoms with van der Waals surface area (Å²) in [5.41, 5.74) is 0.820. The van der Waals surface area contributed by atoms with Crippen LogP contribution in [0.4, 0.5) is 4.79 Å². The van der Waals surface area contributed by atoms with Gasteiger partial charge in [-0.25, -0.2) is 4.79 Å². The summed E-state index contributed by atoms with van der Waals surface area (Å²) in [4.78, 5) is 51.4. The molecular formula is C28H35N3O6. The standard InChI is InChI=1S/C28H35N3O6/c1-18(30-27(35)29-3)24(32)16-21(14-20-10-12-22(36-4)13-11-20)26(34)31-23(25(33)28(2)17-37-28)15-19-8-6-5-7-9-19/h5-13,18,21,23H,14-17H2,1-4H3,(H,31,34)(H2,29,30,35)/t18-,21+,23-,28+/m0/s1. The number of amides is 3. The molecule has 0 unspecified atom stereocenters.